The second-order valence-electron chi connectivity index (χ2n) is 4.85. The monoisotopic (exact) mass is 285 g/mol. The summed E-state index contributed by atoms with van der Waals surface area (Å²) in [7, 11) is 7.11. The van der Waals surface area contributed by atoms with Crippen LogP contribution in [-0.2, 0) is 0 Å². The van der Waals surface area contributed by atoms with E-state index in [2.05, 4.69) is 0 Å². The van der Waals surface area contributed by atoms with Crippen molar-refractivity contribution in [2.45, 2.75) is 0 Å². The Morgan fingerprint density at radius 3 is 2.00 bits per heavy atom. The first-order valence-electron chi connectivity index (χ1n) is 6.59. The second kappa shape index (κ2) is 6.31. The molecule has 0 heterocycles. The zero-order chi connectivity index (χ0) is 15.4. The molecule has 0 unspecified atom stereocenters. The van der Waals surface area contributed by atoms with E-state index < -0.39 is 0 Å². The van der Waals surface area contributed by atoms with Crippen molar-refractivity contribution in [3.8, 4) is 22.6 Å². The standard InChI is InChI=1S/C17H19NO3/c1-18(2)14-7-5-12(6-8-14)15-10-17(21-4)16(20-3)9-13(15)11-19/h5-11H,1-4H3. The molecule has 0 radical (unpaired) electrons. The van der Waals surface area contributed by atoms with Crippen LogP contribution < -0.4 is 14.4 Å². The van der Waals surface area contributed by atoms with Gasteiger partial charge in [0.1, 0.15) is 0 Å². The van der Waals surface area contributed by atoms with Crippen LogP contribution in [0.5, 0.6) is 11.5 Å². The molecule has 21 heavy (non-hydrogen) atoms. The molecule has 0 aliphatic heterocycles. The lowest BCUT2D eigenvalue weighted by Gasteiger charge is -2.15. The zero-order valence-corrected chi connectivity index (χ0v) is 12.7. The van der Waals surface area contributed by atoms with Crippen LogP contribution in [0.25, 0.3) is 11.1 Å². The van der Waals surface area contributed by atoms with Crippen molar-refractivity contribution in [3.63, 3.8) is 0 Å². The van der Waals surface area contributed by atoms with Crippen molar-refractivity contribution in [2.75, 3.05) is 33.2 Å². The van der Waals surface area contributed by atoms with Crippen LogP contribution in [0.4, 0.5) is 5.69 Å². The Kier molecular flexibility index (Phi) is 4.48. The molecule has 2 aromatic carbocycles. The van der Waals surface area contributed by atoms with Crippen molar-refractivity contribution >= 4 is 12.0 Å². The molecule has 0 saturated carbocycles. The Labute approximate surface area is 124 Å². The lowest BCUT2D eigenvalue weighted by Crippen LogP contribution is -2.08. The first-order valence-corrected chi connectivity index (χ1v) is 6.59. The average molecular weight is 285 g/mol. The van der Waals surface area contributed by atoms with Gasteiger partial charge in [-0.1, -0.05) is 12.1 Å². The van der Waals surface area contributed by atoms with Gasteiger partial charge in [0.15, 0.2) is 17.8 Å². The smallest absolute Gasteiger partial charge is 0.161 e. The summed E-state index contributed by atoms with van der Waals surface area (Å²) in [5.41, 5.74) is 3.47. The van der Waals surface area contributed by atoms with Crippen LogP contribution in [0.3, 0.4) is 0 Å². The summed E-state index contributed by atoms with van der Waals surface area (Å²) in [6, 6.07) is 11.5. The Morgan fingerprint density at radius 1 is 0.952 bits per heavy atom. The van der Waals surface area contributed by atoms with Gasteiger partial charge in [-0.05, 0) is 35.4 Å². The molecule has 0 amide bonds. The number of hydrogen-bond acceptors (Lipinski definition) is 4. The fourth-order valence-electron chi connectivity index (χ4n) is 2.18. The molecule has 2 aromatic rings. The third-order valence-corrected chi connectivity index (χ3v) is 3.38. The minimum absolute atomic E-state index is 0.549. The molecular formula is C17H19NO3. The number of benzene rings is 2. The van der Waals surface area contributed by atoms with E-state index in [4.69, 9.17) is 9.47 Å². The molecule has 0 aliphatic carbocycles. The number of aldehydes is 1. The van der Waals surface area contributed by atoms with Gasteiger partial charge >= 0.3 is 0 Å². The quantitative estimate of drug-likeness (QED) is 0.790. The molecule has 4 heteroatoms. The highest BCUT2D eigenvalue weighted by Gasteiger charge is 2.12. The second-order valence-corrected chi connectivity index (χ2v) is 4.85. The van der Waals surface area contributed by atoms with Gasteiger partial charge in [-0.25, -0.2) is 0 Å². The summed E-state index contributed by atoms with van der Waals surface area (Å²) in [6.07, 6.45) is 0.831. The number of rotatable bonds is 5. The molecule has 0 fully saturated rings. The van der Waals surface area contributed by atoms with Gasteiger partial charge in [0.05, 0.1) is 14.2 Å². The van der Waals surface area contributed by atoms with Gasteiger partial charge in [-0.2, -0.15) is 0 Å². The van der Waals surface area contributed by atoms with Crippen LogP contribution in [0.2, 0.25) is 0 Å². The summed E-state index contributed by atoms with van der Waals surface area (Å²) in [4.78, 5) is 13.4. The maximum Gasteiger partial charge on any atom is 0.161 e. The molecule has 2 rings (SSSR count). The van der Waals surface area contributed by atoms with Crippen molar-refractivity contribution in [1.82, 2.24) is 0 Å². The van der Waals surface area contributed by atoms with E-state index in [1.165, 1.54) is 0 Å². The number of carbonyl (C=O) groups is 1. The molecule has 0 saturated heterocycles. The Balaban J connectivity index is 2.53. The number of carbonyl (C=O) groups excluding carboxylic acids is 1. The highest BCUT2D eigenvalue weighted by molar-refractivity contribution is 5.89. The first-order chi connectivity index (χ1) is 10.1. The van der Waals surface area contributed by atoms with Gasteiger partial charge in [0.25, 0.3) is 0 Å². The van der Waals surface area contributed by atoms with Crippen LogP contribution in [0.1, 0.15) is 10.4 Å². The highest BCUT2D eigenvalue weighted by atomic mass is 16.5. The largest absolute Gasteiger partial charge is 0.493 e. The minimum atomic E-state index is 0.549. The predicted octanol–water partition coefficient (Wildman–Crippen LogP) is 3.25. The molecule has 4 nitrogen and oxygen atoms in total. The first kappa shape index (κ1) is 14.9. The molecule has 0 N–H and O–H groups in total. The van der Waals surface area contributed by atoms with E-state index in [0.717, 1.165) is 23.1 Å². The van der Waals surface area contributed by atoms with E-state index in [9.17, 15) is 4.79 Å². The van der Waals surface area contributed by atoms with Gasteiger partial charge in [0, 0.05) is 25.3 Å². The van der Waals surface area contributed by atoms with Crippen LogP contribution in [-0.4, -0.2) is 34.6 Å². The lowest BCUT2D eigenvalue weighted by atomic mass is 9.99. The lowest BCUT2D eigenvalue weighted by molar-refractivity contribution is 0.112. The molecule has 110 valence electrons. The zero-order valence-electron chi connectivity index (χ0n) is 12.7. The summed E-state index contributed by atoms with van der Waals surface area (Å²) >= 11 is 0. The number of hydrogen-bond donors (Lipinski definition) is 0. The third-order valence-electron chi connectivity index (χ3n) is 3.38. The maximum absolute atomic E-state index is 11.3. The number of anilines is 1. The van der Waals surface area contributed by atoms with Crippen LogP contribution in [0.15, 0.2) is 36.4 Å². The van der Waals surface area contributed by atoms with E-state index in [0.29, 0.717) is 17.1 Å². The number of methoxy groups -OCH3 is 2. The third kappa shape index (κ3) is 2.99. The van der Waals surface area contributed by atoms with E-state index in [-0.39, 0.29) is 0 Å². The molecule has 0 atom stereocenters. The topological polar surface area (TPSA) is 38.8 Å². The van der Waals surface area contributed by atoms with Gasteiger partial charge in [-0.15, -0.1) is 0 Å². The van der Waals surface area contributed by atoms with Gasteiger partial charge in [-0.3, -0.25) is 4.79 Å². The molecular weight excluding hydrogens is 266 g/mol. The summed E-state index contributed by atoms with van der Waals surface area (Å²) in [5, 5.41) is 0. The van der Waals surface area contributed by atoms with Gasteiger partial charge in [0.2, 0.25) is 0 Å². The van der Waals surface area contributed by atoms with E-state index >= 15 is 0 Å². The van der Waals surface area contributed by atoms with Crippen LogP contribution >= 0.6 is 0 Å². The van der Waals surface area contributed by atoms with Crippen molar-refractivity contribution in [3.05, 3.63) is 42.0 Å². The molecule has 0 aromatic heterocycles. The Morgan fingerprint density at radius 2 is 1.52 bits per heavy atom. The fraction of sp³-hybridized carbons (Fsp3) is 0.235. The van der Waals surface area contributed by atoms with Crippen molar-refractivity contribution in [2.24, 2.45) is 0 Å². The molecule has 0 spiro atoms. The summed E-state index contributed by atoms with van der Waals surface area (Å²) in [5.74, 6) is 1.16. The fourth-order valence-corrected chi connectivity index (χ4v) is 2.18. The molecule has 0 aliphatic rings. The summed E-state index contributed by atoms with van der Waals surface area (Å²) in [6.45, 7) is 0. The SMILES string of the molecule is COc1cc(C=O)c(-c2ccc(N(C)C)cc2)cc1OC. The maximum atomic E-state index is 11.3. The number of ether oxygens (including phenoxy) is 2. The van der Waals surface area contributed by atoms with E-state index in [1.807, 2.05) is 49.3 Å². The van der Waals surface area contributed by atoms with Gasteiger partial charge < -0.3 is 14.4 Å². The normalized spacial score (nSPS) is 10.1. The highest BCUT2D eigenvalue weighted by Crippen LogP contribution is 2.35. The van der Waals surface area contributed by atoms with Crippen molar-refractivity contribution in [1.29, 1.82) is 0 Å². The summed E-state index contributed by atoms with van der Waals surface area (Å²) < 4.78 is 10.5. The average Bonchev–Trinajstić information content (AvgIpc) is 2.53. The van der Waals surface area contributed by atoms with E-state index in [1.54, 1.807) is 20.3 Å². The number of nitrogens with zero attached hydrogens (tertiary/aromatic N) is 1. The Bertz CT molecular complexity index is 633. The molecule has 0 bridgehead atoms. The van der Waals surface area contributed by atoms with Crippen molar-refractivity contribution < 1.29 is 14.3 Å². The van der Waals surface area contributed by atoms with Crippen LogP contribution in [0, 0.1) is 0 Å². The minimum Gasteiger partial charge on any atom is -0.493 e. The predicted molar refractivity (Wildman–Crippen MR) is 84.7 cm³/mol. The Hall–Kier alpha value is -2.49.